The monoisotopic (exact) mass is 686 g/mol. The van der Waals surface area contributed by atoms with Crippen LogP contribution in [0.1, 0.15) is 79.1 Å². The Morgan fingerprint density at radius 2 is 0.854 bits per heavy atom. The molecule has 10 nitrogen and oxygen atoms in total. The van der Waals surface area contributed by atoms with Gasteiger partial charge in [-0.1, -0.05) is 34.1 Å². The fourth-order valence-corrected chi connectivity index (χ4v) is 5.68. The zero-order valence-electron chi connectivity index (χ0n) is 34.8. The van der Waals surface area contributed by atoms with Crippen LogP contribution in [-0.2, 0) is 4.79 Å². The van der Waals surface area contributed by atoms with E-state index in [1.807, 2.05) is 39.6 Å². The van der Waals surface area contributed by atoms with Crippen molar-refractivity contribution in [3.63, 3.8) is 0 Å². The van der Waals surface area contributed by atoms with Crippen molar-refractivity contribution < 1.29 is 4.79 Å². The summed E-state index contributed by atoms with van der Waals surface area (Å²) in [5.74, 6) is 0.138. The zero-order valence-corrected chi connectivity index (χ0v) is 34.8. The van der Waals surface area contributed by atoms with Gasteiger partial charge in [-0.3, -0.25) is 9.69 Å². The van der Waals surface area contributed by atoms with E-state index in [1.54, 1.807) is 0 Å². The van der Waals surface area contributed by atoms with Crippen molar-refractivity contribution in [2.75, 3.05) is 162 Å². The minimum Gasteiger partial charge on any atom is -0.354 e. The minimum absolute atomic E-state index is 0.138. The van der Waals surface area contributed by atoms with Crippen LogP contribution < -0.4 is 5.32 Å². The van der Waals surface area contributed by atoms with Crippen molar-refractivity contribution in [3.8, 4) is 0 Å². The van der Waals surface area contributed by atoms with Gasteiger partial charge in [-0.25, -0.2) is 0 Å². The molecule has 0 spiro atoms. The van der Waals surface area contributed by atoms with Gasteiger partial charge in [-0.2, -0.15) is 0 Å². The number of hydrogen-bond acceptors (Lipinski definition) is 9. The number of piperidine rings is 1. The van der Waals surface area contributed by atoms with Crippen LogP contribution in [0.3, 0.4) is 0 Å². The van der Waals surface area contributed by atoms with Crippen LogP contribution >= 0.6 is 0 Å². The normalized spacial score (nSPS) is 24.1. The highest BCUT2D eigenvalue weighted by Gasteiger charge is 2.20. The molecule has 6 aliphatic heterocycles. The van der Waals surface area contributed by atoms with E-state index in [9.17, 15) is 4.79 Å². The quantitative estimate of drug-likeness (QED) is 0.445. The average Bonchev–Trinajstić information content (AvgIpc) is 3.69. The lowest BCUT2D eigenvalue weighted by Crippen LogP contribution is -2.45. The second kappa shape index (κ2) is 33.3. The van der Waals surface area contributed by atoms with Crippen LogP contribution in [-0.4, -0.2) is 213 Å². The fourth-order valence-electron chi connectivity index (χ4n) is 5.68. The summed E-state index contributed by atoms with van der Waals surface area (Å²) in [6.45, 7) is 25.8. The first-order chi connectivity index (χ1) is 23.0. The van der Waals surface area contributed by atoms with Crippen LogP contribution in [0, 0.1) is 0 Å². The molecule has 290 valence electrons. The number of rotatable bonds is 1. The molecule has 6 saturated heterocycles. The Hall–Kier alpha value is -0.850. The van der Waals surface area contributed by atoms with Crippen molar-refractivity contribution in [2.24, 2.45) is 0 Å². The van der Waals surface area contributed by atoms with Gasteiger partial charge in [0.1, 0.15) is 0 Å². The molecule has 1 atom stereocenters. The van der Waals surface area contributed by atoms with Gasteiger partial charge in [0.05, 0.1) is 6.54 Å². The lowest BCUT2D eigenvalue weighted by molar-refractivity contribution is -0.123. The molecule has 6 heterocycles. The highest BCUT2D eigenvalue weighted by atomic mass is 16.2. The van der Waals surface area contributed by atoms with E-state index >= 15 is 0 Å². The lowest BCUT2D eigenvalue weighted by atomic mass is 10.1. The number of carbonyl (C=O) groups is 1. The number of nitrogens with one attached hydrogen (secondary N) is 1. The Balaban J connectivity index is 0. The van der Waals surface area contributed by atoms with Crippen LogP contribution in [0.5, 0.6) is 0 Å². The fraction of sp³-hybridized carbons (Fsp3) is 0.974. The largest absolute Gasteiger partial charge is 0.354 e. The smallest absolute Gasteiger partial charge is 0.234 e. The summed E-state index contributed by atoms with van der Waals surface area (Å²) in [4.78, 5) is 29.1. The molecule has 1 unspecified atom stereocenters. The molecule has 0 bridgehead atoms. The second-order valence-electron chi connectivity index (χ2n) is 14.2. The van der Waals surface area contributed by atoms with E-state index in [1.165, 1.54) is 130 Å². The Bertz CT molecular complexity index is 673. The van der Waals surface area contributed by atoms with Crippen LogP contribution in [0.25, 0.3) is 0 Å². The maximum Gasteiger partial charge on any atom is 0.234 e. The Morgan fingerprint density at radius 1 is 0.479 bits per heavy atom. The molecule has 6 aliphatic rings. The third-order valence-corrected chi connectivity index (χ3v) is 9.26. The number of nitrogens with zero attached hydrogens (tertiary/aromatic N) is 8. The molecule has 6 fully saturated rings. The van der Waals surface area contributed by atoms with E-state index < -0.39 is 0 Å². The molecule has 1 amide bonds. The van der Waals surface area contributed by atoms with Gasteiger partial charge >= 0.3 is 0 Å². The minimum atomic E-state index is 0.138. The van der Waals surface area contributed by atoms with Gasteiger partial charge in [0.25, 0.3) is 0 Å². The number of carbonyl (C=O) groups excluding carboxylic acids is 1. The SMILES string of the molecule is CC.CC.CN1CCC(N(C)C)C1.CN1CCC1.CN1CCCC1.CN1CCCCC1.CN1CCCN(C)CC1.CN1CCNC(=O)C1. The Kier molecular flexibility index (Phi) is 34.2. The lowest BCUT2D eigenvalue weighted by Gasteiger charge is -2.24. The van der Waals surface area contributed by atoms with E-state index in [0.29, 0.717) is 6.54 Å². The molecule has 10 heteroatoms. The van der Waals surface area contributed by atoms with Gasteiger partial charge in [0, 0.05) is 38.8 Å². The number of piperazine rings is 1. The predicted molar refractivity (Wildman–Crippen MR) is 213 cm³/mol. The molecule has 0 saturated carbocycles. The molecular formula is C38H87N9O. The number of likely N-dealkylation sites (tertiary alicyclic amines) is 4. The maximum absolute atomic E-state index is 10.5. The Labute approximate surface area is 301 Å². The standard InChI is InChI=1S/2C7H16N2.C6H13N.C5H10N2O.C5H11N.C4H9N.2C2H6/c1-8(2)7-4-5-9(3)6-7;1-8-4-3-5-9(2)7-6-8;1-7-5-3-2-4-6-7;1-7-3-2-6-5(8)4-7;1-6-4-2-3-5-6;1-5-3-2-4-5;2*1-2/h7H,4-6H2,1-3H3;3-7H2,1-2H3;2-6H2,1H3;2-4H2,1H3,(H,6,8);2-5H2,1H3;2-4H2,1H3;2*1-2H3. The van der Waals surface area contributed by atoms with Gasteiger partial charge in [-0.05, 0) is 167 Å². The second-order valence-corrected chi connectivity index (χ2v) is 14.2. The molecule has 1 N–H and O–H groups in total. The van der Waals surface area contributed by atoms with Gasteiger partial charge < -0.3 is 39.6 Å². The van der Waals surface area contributed by atoms with E-state index in [4.69, 9.17) is 0 Å². The molecular weight excluding hydrogens is 598 g/mol. The molecule has 0 aromatic heterocycles. The van der Waals surface area contributed by atoms with Crippen molar-refractivity contribution in [1.29, 1.82) is 0 Å². The van der Waals surface area contributed by atoms with Gasteiger partial charge in [-0.15, -0.1) is 0 Å². The highest BCUT2D eigenvalue weighted by Crippen LogP contribution is 2.10. The van der Waals surface area contributed by atoms with Crippen molar-refractivity contribution in [3.05, 3.63) is 0 Å². The van der Waals surface area contributed by atoms with Crippen LogP contribution in [0.2, 0.25) is 0 Å². The molecule has 6 rings (SSSR count). The van der Waals surface area contributed by atoms with Gasteiger partial charge in [0.15, 0.2) is 0 Å². The molecule has 0 aromatic rings. The predicted octanol–water partition coefficient (Wildman–Crippen LogP) is 3.74. The molecule has 0 aliphatic carbocycles. The average molecular weight is 686 g/mol. The first-order valence-electron chi connectivity index (χ1n) is 19.7. The topological polar surface area (TPSA) is 55.0 Å². The summed E-state index contributed by atoms with van der Waals surface area (Å²) in [5, 5.41) is 2.73. The number of likely N-dealkylation sites (N-methyl/N-ethyl adjacent to an activating group) is 5. The zero-order chi connectivity index (χ0) is 36.7. The maximum atomic E-state index is 10.5. The summed E-state index contributed by atoms with van der Waals surface area (Å²) in [6.07, 6.45) is 11.2. The number of amides is 1. The Morgan fingerprint density at radius 3 is 1.08 bits per heavy atom. The van der Waals surface area contributed by atoms with Gasteiger partial charge in [0.2, 0.25) is 5.91 Å². The first kappa shape index (κ1) is 49.3. The van der Waals surface area contributed by atoms with E-state index in [-0.39, 0.29) is 5.91 Å². The summed E-state index contributed by atoms with van der Waals surface area (Å²) >= 11 is 0. The highest BCUT2D eigenvalue weighted by molar-refractivity contribution is 5.78. The third kappa shape index (κ3) is 30.0. The summed E-state index contributed by atoms with van der Waals surface area (Å²) in [7, 11) is 19.3. The van der Waals surface area contributed by atoms with Crippen LogP contribution in [0.4, 0.5) is 0 Å². The summed E-state index contributed by atoms with van der Waals surface area (Å²) in [6, 6.07) is 0.801. The molecule has 0 radical (unpaired) electrons. The molecule has 0 aromatic carbocycles. The van der Waals surface area contributed by atoms with Crippen molar-refractivity contribution in [1.82, 2.24) is 44.5 Å². The summed E-state index contributed by atoms with van der Waals surface area (Å²) < 4.78 is 0. The van der Waals surface area contributed by atoms with E-state index in [0.717, 1.165) is 19.1 Å². The third-order valence-electron chi connectivity index (χ3n) is 9.26. The first-order valence-corrected chi connectivity index (χ1v) is 19.7. The van der Waals surface area contributed by atoms with Crippen molar-refractivity contribution in [2.45, 2.75) is 85.1 Å². The van der Waals surface area contributed by atoms with E-state index in [2.05, 4.69) is 96.0 Å². The molecule has 48 heavy (non-hydrogen) atoms. The van der Waals surface area contributed by atoms with Crippen LogP contribution in [0.15, 0.2) is 0 Å². The van der Waals surface area contributed by atoms with Crippen molar-refractivity contribution >= 4 is 5.91 Å². The number of hydrogen-bond donors (Lipinski definition) is 1. The summed E-state index contributed by atoms with van der Waals surface area (Å²) in [5.41, 5.74) is 0.